The molecule has 1 N–H and O–H groups in total. The molecular weight excluding hydrogens is 310 g/mol. The highest BCUT2D eigenvalue weighted by molar-refractivity contribution is 9.10. The van der Waals surface area contributed by atoms with E-state index in [2.05, 4.69) is 15.9 Å². The Morgan fingerprint density at radius 1 is 1.29 bits per heavy atom. The van der Waals surface area contributed by atoms with Crippen LogP contribution in [0, 0.1) is 18.6 Å². The van der Waals surface area contributed by atoms with Gasteiger partial charge in [-0.2, -0.15) is 0 Å². The van der Waals surface area contributed by atoms with Crippen LogP contribution in [0.3, 0.4) is 0 Å². The number of halogens is 3. The molecule has 0 radical (unpaired) electrons. The largest absolute Gasteiger partial charge is 0.383 e. The van der Waals surface area contributed by atoms with E-state index in [1.54, 1.807) is 11.4 Å². The van der Waals surface area contributed by atoms with Crippen LogP contribution in [0.1, 0.15) is 22.1 Å². The van der Waals surface area contributed by atoms with Crippen molar-refractivity contribution in [3.8, 4) is 0 Å². The van der Waals surface area contributed by atoms with Gasteiger partial charge in [-0.3, -0.25) is 0 Å². The summed E-state index contributed by atoms with van der Waals surface area (Å²) in [4.78, 5) is 0.606. The number of aliphatic hydroxyl groups is 1. The highest BCUT2D eigenvalue weighted by Gasteiger charge is 2.20. The van der Waals surface area contributed by atoms with Crippen LogP contribution in [0.15, 0.2) is 28.1 Å². The molecule has 0 aliphatic heterocycles. The molecule has 5 heteroatoms. The second-order valence-corrected chi connectivity index (χ2v) is 5.46. The zero-order valence-electron chi connectivity index (χ0n) is 8.88. The van der Waals surface area contributed by atoms with Crippen molar-refractivity contribution in [3.05, 3.63) is 55.7 Å². The second kappa shape index (κ2) is 4.84. The number of rotatable bonds is 2. The number of thiophene rings is 1. The number of hydrogen-bond donors (Lipinski definition) is 1. The first kappa shape index (κ1) is 12.7. The summed E-state index contributed by atoms with van der Waals surface area (Å²) in [5.74, 6) is -1.34. The van der Waals surface area contributed by atoms with E-state index < -0.39 is 17.7 Å². The molecule has 0 bridgehead atoms. The van der Waals surface area contributed by atoms with E-state index in [0.29, 0.717) is 10.4 Å². The first-order valence-electron chi connectivity index (χ1n) is 4.87. The average molecular weight is 319 g/mol. The van der Waals surface area contributed by atoms with Crippen LogP contribution in [0.2, 0.25) is 0 Å². The van der Waals surface area contributed by atoms with Gasteiger partial charge in [0.1, 0.15) is 17.7 Å². The summed E-state index contributed by atoms with van der Waals surface area (Å²) in [5, 5.41) is 11.9. The quantitative estimate of drug-likeness (QED) is 0.880. The fourth-order valence-electron chi connectivity index (χ4n) is 1.53. The van der Waals surface area contributed by atoms with E-state index in [1.165, 1.54) is 24.3 Å². The van der Waals surface area contributed by atoms with Gasteiger partial charge in [0.05, 0.1) is 4.88 Å². The third-order valence-electron chi connectivity index (χ3n) is 2.47. The maximum absolute atomic E-state index is 13.6. The lowest BCUT2D eigenvalue weighted by Gasteiger charge is -2.12. The summed E-state index contributed by atoms with van der Waals surface area (Å²) >= 11 is 4.59. The Hall–Kier alpha value is -0.780. The molecule has 17 heavy (non-hydrogen) atoms. The number of hydrogen-bond acceptors (Lipinski definition) is 2. The zero-order valence-corrected chi connectivity index (χ0v) is 11.3. The summed E-state index contributed by atoms with van der Waals surface area (Å²) in [6.07, 6.45) is -1.08. The Kier molecular flexibility index (Phi) is 3.61. The van der Waals surface area contributed by atoms with Gasteiger partial charge < -0.3 is 5.11 Å². The van der Waals surface area contributed by atoms with Crippen LogP contribution in [-0.2, 0) is 0 Å². The summed E-state index contributed by atoms with van der Waals surface area (Å²) in [7, 11) is 0. The Bertz CT molecular complexity index is 553. The average Bonchev–Trinajstić information content (AvgIpc) is 2.69. The highest BCUT2D eigenvalue weighted by atomic mass is 79.9. The number of aryl methyl sites for hydroxylation is 1. The maximum Gasteiger partial charge on any atom is 0.132 e. The van der Waals surface area contributed by atoms with Crippen LogP contribution in [0.4, 0.5) is 8.78 Å². The van der Waals surface area contributed by atoms with Gasteiger partial charge in [0.25, 0.3) is 0 Å². The van der Waals surface area contributed by atoms with Crippen LogP contribution in [0.25, 0.3) is 0 Å². The molecule has 2 rings (SSSR count). The van der Waals surface area contributed by atoms with Gasteiger partial charge in [0, 0.05) is 16.1 Å². The van der Waals surface area contributed by atoms with Crippen molar-refractivity contribution in [3.63, 3.8) is 0 Å². The zero-order chi connectivity index (χ0) is 12.6. The van der Waals surface area contributed by atoms with Gasteiger partial charge in [-0.05, 0) is 45.9 Å². The van der Waals surface area contributed by atoms with E-state index in [4.69, 9.17) is 0 Å². The Labute approximate surface area is 110 Å². The molecule has 90 valence electrons. The Morgan fingerprint density at radius 2 is 2.00 bits per heavy atom. The second-order valence-electron chi connectivity index (χ2n) is 3.66. The van der Waals surface area contributed by atoms with Crippen molar-refractivity contribution >= 4 is 27.3 Å². The first-order chi connectivity index (χ1) is 8.00. The lowest BCUT2D eigenvalue weighted by Crippen LogP contribution is -2.03. The number of benzene rings is 1. The molecule has 1 aromatic carbocycles. The highest BCUT2D eigenvalue weighted by Crippen LogP contribution is 2.34. The normalized spacial score (nSPS) is 12.8. The van der Waals surface area contributed by atoms with Crippen LogP contribution in [-0.4, -0.2) is 5.11 Å². The fraction of sp³-hybridized carbons (Fsp3) is 0.167. The molecule has 1 aromatic heterocycles. The fourth-order valence-corrected chi connectivity index (χ4v) is 3.12. The van der Waals surface area contributed by atoms with E-state index in [1.807, 2.05) is 0 Å². The van der Waals surface area contributed by atoms with E-state index in [-0.39, 0.29) is 5.56 Å². The molecule has 1 atom stereocenters. The third kappa shape index (κ3) is 2.41. The third-order valence-corrected chi connectivity index (χ3v) is 4.39. The topological polar surface area (TPSA) is 20.2 Å². The van der Waals surface area contributed by atoms with Crippen LogP contribution in [0.5, 0.6) is 0 Å². The van der Waals surface area contributed by atoms with Crippen molar-refractivity contribution in [1.82, 2.24) is 0 Å². The predicted molar refractivity (Wildman–Crippen MR) is 67.2 cm³/mol. The van der Waals surface area contributed by atoms with Crippen molar-refractivity contribution in [2.45, 2.75) is 13.0 Å². The van der Waals surface area contributed by atoms with Gasteiger partial charge in [0.15, 0.2) is 0 Å². The van der Waals surface area contributed by atoms with Crippen molar-refractivity contribution in [1.29, 1.82) is 0 Å². The van der Waals surface area contributed by atoms with Gasteiger partial charge in [-0.25, -0.2) is 8.78 Å². The van der Waals surface area contributed by atoms with Gasteiger partial charge in [0.2, 0.25) is 0 Å². The molecule has 0 aliphatic carbocycles. The first-order valence-corrected chi connectivity index (χ1v) is 6.54. The van der Waals surface area contributed by atoms with E-state index in [9.17, 15) is 13.9 Å². The van der Waals surface area contributed by atoms with E-state index in [0.717, 1.165) is 10.5 Å². The minimum Gasteiger partial charge on any atom is -0.383 e. The van der Waals surface area contributed by atoms with Crippen molar-refractivity contribution < 1.29 is 13.9 Å². The summed E-state index contributed by atoms with van der Waals surface area (Å²) in [6, 6.07) is 3.91. The molecule has 0 fully saturated rings. The monoisotopic (exact) mass is 318 g/mol. The summed E-state index contributed by atoms with van der Waals surface area (Å²) in [6.45, 7) is 1.54. The van der Waals surface area contributed by atoms with Crippen molar-refractivity contribution in [2.75, 3.05) is 0 Å². The molecule has 0 amide bonds. The van der Waals surface area contributed by atoms with Gasteiger partial charge in [-0.1, -0.05) is 0 Å². The van der Waals surface area contributed by atoms with Crippen LogP contribution < -0.4 is 0 Å². The standard InChI is InChI=1S/C12H9BrF2OS/c1-6-4-7(10(15)5-9(6)14)11(16)12-8(13)2-3-17-12/h2-5,11,16H,1H3. The van der Waals surface area contributed by atoms with Crippen LogP contribution >= 0.6 is 27.3 Å². The molecule has 0 spiro atoms. The van der Waals surface area contributed by atoms with Gasteiger partial charge in [-0.15, -0.1) is 11.3 Å². The smallest absolute Gasteiger partial charge is 0.132 e. The summed E-state index contributed by atoms with van der Waals surface area (Å²) in [5.41, 5.74) is 0.403. The molecule has 0 saturated carbocycles. The SMILES string of the molecule is Cc1cc(C(O)c2sccc2Br)c(F)cc1F. The lowest BCUT2D eigenvalue weighted by molar-refractivity contribution is 0.217. The lowest BCUT2D eigenvalue weighted by atomic mass is 10.0. The van der Waals surface area contributed by atoms with Crippen molar-refractivity contribution in [2.24, 2.45) is 0 Å². The molecule has 0 saturated heterocycles. The predicted octanol–water partition coefficient (Wildman–Crippen LogP) is 4.18. The molecule has 1 unspecified atom stereocenters. The number of aliphatic hydroxyl groups excluding tert-OH is 1. The van der Waals surface area contributed by atoms with E-state index >= 15 is 0 Å². The minimum absolute atomic E-state index is 0.0899. The summed E-state index contributed by atoms with van der Waals surface area (Å²) < 4.78 is 27.4. The minimum atomic E-state index is -1.08. The maximum atomic E-state index is 13.6. The molecule has 1 heterocycles. The molecule has 2 aromatic rings. The Morgan fingerprint density at radius 3 is 2.59 bits per heavy atom. The Balaban J connectivity index is 2.48. The molecule has 1 nitrogen and oxygen atoms in total. The molecule has 0 aliphatic rings. The molecular formula is C12H9BrF2OS. The van der Waals surface area contributed by atoms with Gasteiger partial charge >= 0.3 is 0 Å².